The van der Waals surface area contributed by atoms with E-state index >= 15 is 0 Å². The third-order valence-corrected chi connectivity index (χ3v) is 3.29. The minimum atomic E-state index is -0.226. The molecular weight excluding hydrogens is 214 g/mol. The van der Waals surface area contributed by atoms with Crippen molar-refractivity contribution < 1.29 is 4.79 Å². The van der Waals surface area contributed by atoms with Crippen LogP contribution in [-0.4, -0.2) is 42.5 Å². The molecule has 0 bridgehead atoms. The van der Waals surface area contributed by atoms with Crippen molar-refractivity contribution in [2.24, 2.45) is 5.73 Å². The van der Waals surface area contributed by atoms with Crippen LogP contribution >= 0.6 is 0 Å². The van der Waals surface area contributed by atoms with Gasteiger partial charge in [-0.25, -0.2) is 0 Å². The van der Waals surface area contributed by atoms with Crippen LogP contribution in [0, 0.1) is 0 Å². The lowest BCUT2D eigenvalue weighted by atomic mass is 10.0. The van der Waals surface area contributed by atoms with Gasteiger partial charge in [0.1, 0.15) is 0 Å². The summed E-state index contributed by atoms with van der Waals surface area (Å²) in [7, 11) is 0. The van der Waals surface area contributed by atoms with Crippen molar-refractivity contribution in [3.63, 3.8) is 0 Å². The van der Waals surface area contributed by atoms with E-state index in [9.17, 15) is 4.79 Å². The predicted molar refractivity (Wildman–Crippen MR) is 70.7 cm³/mol. The fraction of sp³-hybridized carbons (Fsp3) is 0.769. The first-order valence-corrected chi connectivity index (χ1v) is 6.49. The van der Waals surface area contributed by atoms with E-state index < -0.39 is 0 Å². The van der Waals surface area contributed by atoms with Crippen LogP contribution in [0.5, 0.6) is 0 Å². The maximum atomic E-state index is 10.8. The molecule has 1 rings (SSSR count). The van der Waals surface area contributed by atoms with E-state index in [0.29, 0.717) is 18.6 Å². The lowest BCUT2D eigenvalue weighted by Crippen LogP contribution is -2.47. The van der Waals surface area contributed by atoms with Gasteiger partial charge in [-0.15, -0.1) is 6.58 Å². The molecule has 0 saturated carbocycles. The molecule has 1 unspecified atom stereocenters. The number of primary amides is 1. The summed E-state index contributed by atoms with van der Waals surface area (Å²) in [5.41, 5.74) is 5.19. The molecule has 1 aliphatic rings. The number of rotatable bonds is 7. The summed E-state index contributed by atoms with van der Waals surface area (Å²) >= 11 is 0. The zero-order valence-corrected chi connectivity index (χ0v) is 10.8. The summed E-state index contributed by atoms with van der Waals surface area (Å²) in [6.07, 6.45) is 6.38. The molecule has 0 aliphatic carbocycles. The lowest BCUT2D eigenvalue weighted by Gasteiger charge is -2.33. The summed E-state index contributed by atoms with van der Waals surface area (Å²) in [6, 6.07) is 1.12. The first-order valence-electron chi connectivity index (χ1n) is 6.49. The smallest absolute Gasteiger partial charge is 0.231 e. The fourth-order valence-electron chi connectivity index (χ4n) is 2.33. The number of carbonyl (C=O) groups is 1. The molecule has 0 aromatic carbocycles. The van der Waals surface area contributed by atoms with Gasteiger partial charge < -0.3 is 11.1 Å². The van der Waals surface area contributed by atoms with Crippen molar-refractivity contribution in [1.82, 2.24) is 10.2 Å². The minimum Gasteiger partial charge on any atom is -0.369 e. The summed E-state index contributed by atoms with van der Waals surface area (Å²) in [6.45, 7) is 8.30. The van der Waals surface area contributed by atoms with Crippen LogP contribution in [0.25, 0.3) is 0 Å². The summed E-state index contributed by atoms with van der Waals surface area (Å²) in [4.78, 5) is 12.9. The van der Waals surface area contributed by atoms with Gasteiger partial charge in [0, 0.05) is 25.2 Å². The molecule has 1 heterocycles. The SMILES string of the molecule is C=CCCC(C)NC1CCN(CC(N)=O)CC1. The summed E-state index contributed by atoms with van der Waals surface area (Å²) < 4.78 is 0. The third kappa shape index (κ3) is 5.84. The molecule has 3 N–H and O–H groups in total. The number of nitrogens with one attached hydrogen (secondary N) is 1. The van der Waals surface area contributed by atoms with Crippen LogP contribution in [0.4, 0.5) is 0 Å². The van der Waals surface area contributed by atoms with Gasteiger partial charge in [-0.1, -0.05) is 6.08 Å². The first kappa shape index (κ1) is 14.2. The van der Waals surface area contributed by atoms with Gasteiger partial charge in [-0.2, -0.15) is 0 Å². The molecule has 1 amide bonds. The second kappa shape index (κ2) is 7.45. The highest BCUT2D eigenvalue weighted by molar-refractivity contribution is 5.75. The monoisotopic (exact) mass is 239 g/mol. The maximum Gasteiger partial charge on any atom is 0.231 e. The quantitative estimate of drug-likeness (QED) is 0.648. The van der Waals surface area contributed by atoms with Crippen LogP contribution in [0.15, 0.2) is 12.7 Å². The molecule has 1 atom stereocenters. The van der Waals surface area contributed by atoms with E-state index in [-0.39, 0.29) is 5.91 Å². The number of amides is 1. The number of hydrogen-bond donors (Lipinski definition) is 2. The highest BCUT2D eigenvalue weighted by atomic mass is 16.1. The van der Waals surface area contributed by atoms with Crippen molar-refractivity contribution in [1.29, 1.82) is 0 Å². The van der Waals surface area contributed by atoms with E-state index in [2.05, 4.69) is 23.7 Å². The van der Waals surface area contributed by atoms with Gasteiger partial charge in [0.05, 0.1) is 6.54 Å². The molecule has 17 heavy (non-hydrogen) atoms. The van der Waals surface area contributed by atoms with E-state index in [0.717, 1.165) is 38.8 Å². The van der Waals surface area contributed by atoms with Crippen LogP contribution in [0.3, 0.4) is 0 Å². The maximum absolute atomic E-state index is 10.8. The van der Waals surface area contributed by atoms with E-state index in [1.54, 1.807) is 0 Å². The molecule has 1 aliphatic heterocycles. The van der Waals surface area contributed by atoms with E-state index in [4.69, 9.17) is 5.73 Å². The number of allylic oxidation sites excluding steroid dienone is 1. The van der Waals surface area contributed by atoms with Gasteiger partial charge >= 0.3 is 0 Å². The Kier molecular flexibility index (Phi) is 6.22. The van der Waals surface area contributed by atoms with Gasteiger partial charge in [0.2, 0.25) is 5.91 Å². The Morgan fingerprint density at radius 2 is 2.24 bits per heavy atom. The van der Waals surface area contributed by atoms with Crippen molar-refractivity contribution in [2.45, 2.75) is 44.7 Å². The summed E-state index contributed by atoms with van der Waals surface area (Å²) in [5.74, 6) is -0.226. The molecule has 4 nitrogen and oxygen atoms in total. The molecule has 1 fully saturated rings. The molecular formula is C13H25N3O. The van der Waals surface area contributed by atoms with Crippen molar-refractivity contribution in [3.8, 4) is 0 Å². The third-order valence-electron chi connectivity index (χ3n) is 3.29. The second-order valence-corrected chi connectivity index (χ2v) is 4.95. The normalized spacial score (nSPS) is 20.1. The molecule has 0 aromatic heterocycles. The average molecular weight is 239 g/mol. The summed E-state index contributed by atoms with van der Waals surface area (Å²) in [5, 5.41) is 3.64. The Balaban J connectivity index is 2.18. The molecule has 1 saturated heterocycles. The topological polar surface area (TPSA) is 58.4 Å². The Morgan fingerprint density at radius 1 is 1.59 bits per heavy atom. The molecule has 0 radical (unpaired) electrons. The molecule has 4 heteroatoms. The van der Waals surface area contributed by atoms with Gasteiger partial charge in [-0.05, 0) is 32.6 Å². The highest BCUT2D eigenvalue weighted by Gasteiger charge is 2.20. The van der Waals surface area contributed by atoms with Crippen molar-refractivity contribution in [2.75, 3.05) is 19.6 Å². The van der Waals surface area contributed by atoms with Crippen LogP contribution in [0.2, 0.25) is 0 Å². The second-order valence-electron chi connectivity index (χ2n) is 4.95. The Morgan fingerprint density at radius 3 is 2.76 bits per heavy atom. The van der Waals surface area contributed by atoms with Crippen LogP contribution < -0.4 is 11.1 Å². The molecule has 98 valence electrons. The Bertz CT molecular complexity index is 247. The minimum absolute atomic E-state index is 0.226. The van der Waals surface area contributed by atoms with Crippen molar-refractivity contribution >= 4 is 5.91 Å². The number of likely N-dealkylation sites (tertiary alicyclic amines) is 1. The highest BCUT2D eigenvalue weighted by Crippen LogP contribution is 2.11. The fourth-order valence-corrected chi connectivity index (χ4v) is 2.33. The first-order chi connectivity index (χ1) is 8.11. The van der Waals surface area contributed by atoms with Crippen LogP contribution in [-0.2, 0) is 4.79 Å². The molecule has 0 aromatic rings. The van der Waals surface area contributed by atoms with Crippen molar-refractivity contribution in [3.05, 3.63) is 12.7 Å². The number of hydrogen-bond acceptors (Lipinski definition) is 3. The van der Waals surface area contributed by atoms with Gasteiger partial charge in [0.15, 0.2) is 0 Å². The number of nitrogens with zero attached hydrogens (tertiary/aromatic N) is 1. The largest absolute Gasteiger partial charge is 0.369 e. The van der Waals surface area contributed by atoms with E-state index in [1.165, 1.54) is 0 Å². The molecule has 0 spiro atoms. The number of piperidine rings is 1. The Hall–Kier alpha value is -0.870. The zero-order chi connectivity index (χ0) is 12.7. The lowest BCUT2D eigenvalue weighted by molar-refractivity contribution is -0.119. The van der Waals surface area contributed by atoms with Gasteiger partial charge in [-0.3, -0.25) is 9.69 Å². The zero-order valence-electron chi connectivity index (χ0n) is 10.8. The Labute approximate surface area is 104 Å². The number of nitrogens with two attached hydrogens (primary N) is 1. The number of carbonyl (C=O) groups excluding carboxylic acids is 1. The van der Waals surface area contributed by atoms with Crippen LogP contribution in [0.1, 0.15) is 32.6 Å². The predicted octanol–water partition coefficient (Wildman–Crippen LogP) is 0.880. The van der Waals surface area contributed by atoms with E-state index in [1.807, 2.05) is 6.08 Å². The van der Waals surface area contributed by atoms with Gasteiger partial charge in [0.25, 0.3) is 0 Å². The standard InChI is InChI=1S/C13H25N3O/c1-3-4-5-11(2)15-12-6-8-16(9-7-12)10-13(14)17/h3,11-12,15H,1,4-10H2,2H3,(H2,14,17). The average Bonchev–Trinajstić information content (AvgIpc) is 2.28.